The molecule has 0 aromatic carbocycles. The number of rotatable bonds is 3. The lowest BCUT2D eigenvalue weighted by Crippen LogP contribution is -2.39. The molecule has 4 nitrogen and oxygen atoms in total. The Morgan fingerprint density at radius 3 is 2.39 bits per heavy atom. The first-order valence-corrected chi connectivity index (χ1v) is 7.57. The highest BCUT2D eigenvalue weighted by atomic mass is 32.1. The van der Waals surface area contributed by atoms with E-state index in [0.29, 0.717) is 0 Å². The standard InChI is InChI=1S/C12H19N4S2/c1-11(2,3)9-13-7-16(18-9)6-12(4,5)10-15-14-8-17-10/h7-8H,6H2,1-5H3/q+1. The van der Waals surface area contributed by atoms with Crippen molar-refractivity contribution in [2.24, 2.45) is 0 Å². The monoisotopic (exact) mass is 283 g/mol. The molecule has 0 amide bonds. The molecule has 0 aliphatic heterocycles. The molecule has 0 radical (unpaired) electrons. The molecule has 0 spiro atoms. The van der Waals surface area contributed by atoms with Crippen LogP contribution in [0.1, 0.15) is 44.6 Å². The van der Waals surface area contributed by atoms with Crippen LogP contribution >= 0.6 is 22.9 Å². The summed E-state index contributed by atoms with van der Waals surface area (Å²) in [5.41, 5.74) is 1.89. The van der Waals surface area contributed by atoms with Gasteiger partial charge >= 0.3 is 0 Å². The van der Waals surface area contributed by atoms with E-state index in [9.17, 15) is 0 Å². The van der Waals surface area contributed by atoms with Crippen molar-refractivity contribution in [1.82, 2.24) is 15.2 Å². The zero-order valence-electron chi connectivity index (χ0n) is 11.5. The molecule has 0 saturated heterocycles. The van der Waals surface area contributed by atoms with Gasteiger partial charge in [-0.2, -0.15) is 3.96 Å². The summed E-state index contributed by atoms with van der Waals surface area (Å²) in [4.78, 5) is 4.50. The van der Waals surface area contributed by atoms with Crippen LogP contribution in [0.2, 0.25) is 0 Å². The smallest absolute Gasteiger partial charge is 0.174 e. The van der Waals surface area contributed by atoms with Crippen LogP contribution in [0.4, 0.5) is 0 Å². The number of hydrogen-bond donors (Lipinski definition) is 0. The molecular weight excluding hydrogens is 264 g/mol. The van der Waals surface area contributed by atoms with E-state index in [1.807, 2.05) is 6.33 Å². The van der Waals surface area contributed by atoms with Gasteiger partial charge in [-0.25, -0.2) is 0 Å². The third kappa shape index (κ3) is 2.92. The SMILES string of the molecule is CC(C)(C)c1nc[n+](CC(C)(C)c2nncs2)s1. The third-order valence-corrected chi connectivity index (χ3v) is 5.05. The lowest BCUT2D eigenvalue weighted by Gasteiger charge is -2.17. The first-order valence-electron chi connectivity index (χ1n) is 5.92. The fraction of sp³-hybridized carbons (Fsp3) is 0.667. The molecule has 0 N–H and O–H groups in total. The van der Waals surface area contributed by atoms with Crippen LogP contribution < -0.4 is 3.96 Å². The van der Waals surface area contributed by atoms with Crippen molar-refractivity contribution in [3.8, 4) is 0 Å². The highest BCUT2D eigenvalue weighted by molar-refractivity contribution is 7.09. The van der Waals surface area contributed by atoms with Gasteiger partial charge in [0.15, 0.2) is 0 Å². The second-order valence-corrected chi connectivity index (χ2v) is 7.97. The van der Waals surface area contributed by atoms with Gasteiger partial charge in [0.05, 0.1) is 16.9 Å². The molecule has 0 unspecified atom stereocenters. The van der Waals surface area contributed by atoms with E-state index in [0.717, 1.165) is 16.6 Å². The van der Waals surface area contributed by atoms with Gasteiger partial charge in [-0.3, -0.25) is 0 Å². The third-order valence-electron chi connectivity index (χ3n) is 2.64. The molecule has 2 rings (SSSR count). The van der Waals surface area contributed by atoms with E-state index in [1.165, 1.54) is 0 Å². The molecule has 0 atom stereocenters. The minimum absolute atomic E-state index is 0.00643. The molecule has 2 aromatic rings. The van der Waals surface area contributed by atoms with Gasteiger partial charge in [-0.15, -0.1) is 21.5 Å². The second-order valence-electron chi connectivity index (χ2n) is 6.09. The Hall–Kier alpha value is -0.880. The average Bonchev–Trinajstić information content (AvgIpc) is 2.83. The summed E-state index contributed by atoms with van der Waals surface area (Å²) in [6.45, 7) is 11.8. The van der Waals surface area contributed by atoms with Crippen molar-refractivity contribution in [3.05, 3.63) is 21.9 Å². The average molecular weight is 283 g/mol. The van der Waals surface area contributed by atoms with Gasteiger partial charge in [-0.1, -0.05) is 20.8 Å². The van der Waals surface area contributed by atoms with Crippen molar-refractivity contribution in [3.63, 3.8) is 0 Å². The second kappa shape index (κ2) is 4.66. The van der Waals surface area contributed by atoms with Gasteiger partial charge in [-0.05, 0) is 18.8 Å². The summed E-state index contributed by atoms with van der Waals surface area (Å²) in [5, 5.41) is 10.3. The van der Waals surface area contributed by atoms with Gasteiger partial charge in [0.2, 0.25) is 5.01 Å². The maximum absolute atomic E-state index is 4.50. The Kier molecular flexibility index (Phi) is 3.51. The van der Waals surface area contributed by atoms with Crippen LogP contribution in [0.3, 0.4) is 0 Å². The zero-order chi connectivity index (χ0) is 13.4. The van der Waals surface area contributed by atoms with Crippen molar-refractivity contribution in [2.45, 2.75) is 52.0 Å². The van der Waals surface area contributed by atoms with Gasteiger partial charge in [0.1, 0.15) is 17.1 Å². The maximum atomic E-state index is 4.50. The molecule has 0 aliphatic carbocycles. The molecule has 2 heterocycles. The summed E-state index contributed by atoms with van der Waals surface area (Å²) >= 11 is 3.34. The zero-order valence-corrected chi connectivity index (χ0v) is 13.1. The highest BCUT2D eigenvalue weighted by Gasteiger charge is 2.31. The van der Waals surface area contributed by atoms with Crippen LogP contribution in [0, 0.1) is 0 Å². The highest BCUT2D eigenvalue weighted by Crippen LogP contribution is 2.26. The Balaban J connectivity index is 2.17. The summed E-state index contributed by atoms with van der Waals surface area (Å²) in [6, 6.07) is 0. The summed E-state index contributed by atoms with van der Waals surface area (Å²) < 4.78 is 2.18. The Morgan fingerprint density at radius 2 is 1.89 bits per heavy atom. The van der Waals surface area contributed by atoms with Gasteiger partial charge in [0, 0.05) is 5.41 Å². The molecule has 6 heteroatoms. The lowest BCUT2D eigenvalue weighted by molar-refractivity contribution is -0.639. The Morgan fingerprint density at radius 1 is 1.17 bits per heavy atom. The minimum atomic E-state index is -0.00643. The number of nitrogens with zero attached hydrogens (tertiary/aromatic N) is 4. The molecule has 0 bridgehead atoms. The van der Waals surface area contributed by atoms with E-state index in [1.54, 1.807) is 28.4 Å². The Bertz CT molecular complexity index is 508. The molecule has 98 valence electrons. The summed E-state index contributed by atoms with van der Waals surface area (Å²) in [6.07, 6.45) is 1.92. The molecular formula is C12H19N4S2+. The fourth-order valence-electron chi connectivity index (χ4n) is 1.60. The van der Waals surface area contributed by atoms with E-state index in [-0.39, 0.29) is 10.8 Å². The van der Waals surface area contributed by atoms with Gasteiger partial charge in [0.25, 0.3) is 6.33 Å². The fourth-order valence-corrected chi connectivity index (χ4v) is 3.35. The number of aromatic nitrogens is 4. The number of hydrogen-bond acceptors (Lipinski definition) is 5. The van der Waals surface area contributed by atoms with E-state index < -0.39 is 0 Å². The molecule has 18 heavy (non-hydrogen) atoms. The maximum Gasteiger partial charge on any atom is 0.298 e. The van der Waals surface area contributed by atoms with E-state index in [4.69, 9.17) is 0 Å². The predicted molar refractivity (Wildman–Crippen MR) is 73.9 cm³/mol. The lowest BCUT2D eigenvalue weighted by atomic mass is 9.95. The van der Waals surface area contributed by atoms with Gasteiger partial charge < -0.3 is 0 Å². The predicted octanol–water partition coefficient (Wildman–Crippen LogP) is 2.56. The van der Waals surface area contributed by atoms with Crippen molar-refractivity contribution in [2.75, 3.05) is 0 Å². The van der Waals surface area contributed by atoms with Crippen molar-refractivity contribution in [1.29, 1.82) is 0 Å². The largest absolute Gasteiger partial charge is 0.298 e. The molecule has 0 aliphatic rings. The minimum Gasteiger partial charge on any atom is -0.174 e. The summed E-state index contributed by atoms with van der Waals surface area (Å²) in [5.74, 6) is 0. The quantitative estimate of drug-likeness (QED) is 0.813. The van der Waals surface area contributed by atoms with Crippen LogP contribution in [0.25, 0.3) is 0 Å². The molecule has 2 aromatic heterocycles. The Labute approximate surface area is 116 Å². The van der Waals surface area contributed by atoms with Crippen molar-refractivity contribution < 1.29 is 3.96 Å². The van der Waals surface area contributed by atoms with E-state index >= 15 is 0 Å². The molecule has 0 saturated carbocycles. The topological polar surface area (TPSA) is 42.5 Å². The normalized spacial score (nSPS) is 12.9. The van der Waals surface area contributed by atoms with Crippen LogP contribution in [0.15, 0.2) is 11.8 Å². The van der Waals surface area contributed by atoms with Crippen molar-refractivity contribution >= 4 is 22.9 Å². The van der Waals surface area contributed by atoms with Crippen LogP contribution in [-0.2, 0) is 17.4 Å². The first kappa shape index (κ1) is 13.5. The summed E-state index contributed by atoms with van der Waals surface area (Å²) in [7, 11) is 0. The van der Waals surface area contributed by atoms with E-state index in [2.05, 4.69) is 53.8 Å². The first-order chi connectivity index (χ1) is 8.29. The van der Waals surface area contributed by atoms with Crippen LogP contribution in [-0.4, -0.2) is 15.2 Å². The molecule has 0 fully saturated rings. The van der Waals surface area contributed by atoms with Crippen LogP contribution in [0.5, 0.6) is 0 Å².